The van der Waals surface area contributed by atoms with Crippen LogP contribution in [0.25, 0.3) is 18.2 Å². The Balaban J connectivity index is 0.000000186. The summed E-state index contributed by atoms with van der Waals surface area (Å²) in [7, 11) is 4.38. The molecule has 2 amide bonds. The van der Waals surface area contributed by atoms with Crippen LogP contribution in [0, 0.1) is 0 Å². The van der Waals surface area contributed by atoms with Gasteiger partial charge in [-0.3, -0.25) is 10.1 Å². The number of benzene rings is 7. The topological polar surface area (TPSA) is 345 Å². The molecule has 3 aliphatic heterocycles. The maximum Gasteiger partial charge on any atom is 0.549 e. The molecule has 0 aliphatic carbocycles. The van der Waals surface area contributed by atoms with Crippen molar-refractivity contribution in [2.24, 2.45) is 15.0 Å². The molecule has 0 saturated carbocycles. The van der Waals surface area contributed by atoms with Crippen molar-refractivity contribution >= 4 is 159 Å². The maximum absolute atomic E-state index is 12.5. The highest BCUT2D eigenvalue weighted by atomic mass is 127. The van der Waals surface area contributed by atoms with Gasteiger partial charge in [0.2, 0.25) is 17.7 Å². The van der Waals surface area contributed by atoms with Crippen LogP contribution in [0.15, 0.2) is 242 Å². The highest BCUT2D eigenvalue weighted by molar-refractivity contribution is 14.0. The van der Waals surface area contributed by atoms with E-state index in [4.69, 9.17) is 58.4 Å². The summed E-state index contributed by atoms with van der Waals surface area (Å²) >= 11 is 3.85. The van der Waals surface area contributed by atoms with Crippen molar-refractivity contribution in [3.63, 3.8) is 0 Å². The monoisotopic (exact) mass is 1690 g/mol. The number of methoxy groups -OCH3 is 3. The maximum atomic E-state index is 12.5. The zero-order valence-electron chi connectivity index (χ0n) is 59.3. The molecule has 0 bridgehead atoms. The molecule has 0 radical (unpaired) electrons. The molecule has 0 unspecified atom stereocenters. The molecule has 3 aliphatic rings. The van der Waals surface area contributed by atoms with Crippen molar-refractivity contribution < 1.29 is 109 Å². The Hall–Kier alpha value is -12.9. The van der Waals surface area contributed by atoms with Gasteiger partial charge in [-0.05, 0) is 211 Å². The second kappa shape index (κ2) is 38.4. The number of carbonyl (C=O) groups is 8. The fourth-order valence-corrected chi connectivity index (χ4v) is 11.3. The van der Waals surface area contributed by atoms with Gasteiger partial charge >= 0.3 is 48.3 Å². The van der Waals surface area contributed by atoms with Crippen molar-refractivity contribution in [3.8, 4) is 34.5 Å². The third-order valence-corrected chi connectivity index (χ3v) is 17.1. The molecule has 7 aromatic carbocycles. The smallest absolute Gasteiger partial charge is 0.493 e. The first-order chi connectivity index (χ1) is 53.2. The van der Waals surface area contributed by atoms with Crippen LogP contribution in [-0.2, 0) is 38.2 Å². The summed E-state index contributed by atoms with van der Waals surface area (Å²) in [5.74, 6) is -1.17. The van der Waals surface area contributed by atoms with Gasteiger partial charge in [0.05, 0.1) is 21.3 Å². The number of hydrogen-bond donors (Lipinski definition) is 4. The molecule has 0 spiro atoms. The second-order valence-corrected chi connectivity index (χ2v) is 26.4. The van der Waals surface area contributed by atoms with Crippen molar-refractivity contribution in [2.45, 2.75) is 32.7 Å². The van der Waals surface area contributed by atoms with Crippen molar-refractivity contribution in [2.75, 3.05) is 37.7 Å². The number of nitrogens with one attached hydrogen (secondary N) is 2. The number of nitrogens with two attached hydrogens (primary N) is 1. The highest BCUT2D eigenvalue weighted by Gasteiger charge is 2.30. The van der Waals surface area contributed by atoms with Crippen LogP contribution in [0.2, 0.25) is 0 Å². The highest BCUT2D eigenvalue weighted by Crippen LogP contribution is 2.35. The molecule has 33 heteroatoms. The standard InChI is InChI=1S/C29H20N2O6S.C27H24N2O7S.C22H16N2O5S.CHF3O2.HI/c1-35-24-17-18(9-14-23(24)36-29(34)25-8-5-15-38-25)16-22-28(33)37-27(31-22)20-10-12-21(13-11-20)30-26(32)19-6-3-2-4-7-19;1-27(2,3)36-26(32)28-18-10-8-17(9-11-18)23-29-19(24(30)35-23)14-16-7-12-20(21(15-16)33-4)34-25(31)22-6-5-13-37-22;1-27-18-12-13(4-9-17(18)28-22(26)19-3-2-10-30-19)11-16-21(25)29-20(24-16)14-5-7-15(23)8-6-14;2-1(3,4)6-5;/h2-17H,1H3,(H,30,32);5-15H,1-4H3,(H,28,32);2-12H,23H2,1H3;5H;1H/b22-16+;19-14+;16-11+;;. The van der Waals surface area contributed by atoms with Crippen LogP contribution >= 0.6 is 58.0 Å². The fraction of sp³-hybridized carbons (Fsp3) is 0.101. The Bertz CT molecular complexity index is 5280. The van der Waals surface area contributed by atoms with Gasteiger partial charge in [-0.1, -0.05) is 54.6 Å². The van der Waals surface area contributed by atoms with E-state index in [1.54, 1.807) is 243 Å². The summed E-state index contributed by atoms with van der Waals surface area (Å²) in [4.78, 5) is 114. The van der Waals surface area contributed by atoms with Gasteiger partial charge in [0, 0.05) is 39.3 Å². The largest absolute Gasteiger partial charge is 0.549 e. The summed E-state index contributed by atoms with van der Waals surface area (Å²) in [5, 5.41) is 17.6. The number of carbonyl (C=O) groups excluding carboxylic acids is 8. The molecule has 13 rings (SSSR count). The molecule has 112 heavy (non-hydrogen) atoms. The lowest BCUT2D eigenvalue weighted by Gasteiger charge is -2.19. The summed E-state index contributed by atoms with van der Waals surface area (Å²) in [6.07, 6.45) is -0.809. The zero-order valence-corrected chi connectivity index (χ0v) is 64.1. The molecule has 5 N–H and O–H groups in total. The van der Waals surface area contributed by atoms with Crippen molar-refractivity contribution in [1.29, 1.82) is 0 Å². The summed E-state index contributed by atoms with van der Waals surface area (Å²) in [5.41, 5.74) is 11.3. The summed E-state index contributed by atoms with van der Waals surface area (Å²) < 4.78 is 84.4. The van der Waals surface area contributed by atoms with Crippen LogP contribution in [0.4, 0.5) is 35.0 Å². The van der Waals surface area contributed by atoms with Crippen LogP contribution in [-0.4, -0.2) is 104 Å². The van der Waals surface area contributed by atoms with Gasteiger partial charge in [-0.2, -0.15) is 0 Å². The summed E-state index contributed by atoms with van der Waals surface area (Å²) in [6.45, 7) is 5.33. The first kappa shape index (κ1) is 83.1. The third kappa shape index (κ3) is 23.5. The number of rotatable bonds is 18. The Morgan fingerprint density at radius 3 is 1.09 bits per heavy atom. The first-order valence-electron chi connectivity index (χ1n) is 32.4. The van der Waals surface area contributed by atoms with E-state index in [0.717, 1.165) is 0 Å². The molecule has 0 saturated heterocycles. The fourth-order valence-electron chi connectivity index (χ4n) is 9.51. The Morgan fingerprint density at radius 1 is 0.455 bits per heavy atom. The predicted octanol–water partition coefficient (Wildman–Crippen LogP) is 16.8. The normalized spacial score (nSPS) is 13.8. The van der Waals surface area contributed by atoms with Gasteiger partial charge in [0.15, 0.2) is 51.6 Å². The summed E-state index contributed by atoms with van der Waals surface area (Å²) in [6, 6.07) is 54.2. The van der Waals surface area contributed by atoms with Crippen molar-refractivity contribution in [1.82, 2.24) is 0 Å². The Kier molecular flexibility index (Phi) is 28.5. The molecular formula is C79H62F3IN6O20S3. The molecule has 0 fully saturated rings. The molecule has 574 valence electrons. The second-order valence-electron chi connectivity index (χ2n) is 23.6. The van der Waals surface area contributed by atoms with Crippen LogP contribution < -0.4 is 44.8 Å². The zero-order chi connectivity index (χ0) is 79.4. The van der Waals surface area contributed by atoms with E-state index in [-0.39, 0.29) is 81.9 Å². The number of cyclic esters (lactones) is 3. The number of amides is 2. The minimum atomic E-state index is -4.90. The SMILES string of the molecule is COc1cc(/C=C2/N=C(c3ccc(N)cc3)OC2=O)ccc1OC(=O)c1cccs1.COc1cc(/C=C2/N=C(c3ccc(NC(=O)OC(C)(C)C)cc3)OC2=O)ccc1OC(=O)c1cccs1.COc1cc(/C=C2/N=C(c3ccc(NC(=O)c4ccccc4)cc3)OC2=O)ccc1OC(=O)c1cccs1.I.OOC(F)(F)F. The third-order valence-electron chi connectivity index (χ3n) is 14.6. The van der Waals surface area contributed by atoms with E-state index in [2.05, 4.69) is 25.6 Å². The van der Waals surface area contributed by atoms with Gasteiger partial charge in [-0.15, -0.1) is 76.0 Å². The Morgan fingerprint density at radius 2 is 0.786 bits per heavy atom. The number of aliphatic imine (C=N–C) groups is 3. The quantitative estimate of drug-likeness (QED) is 0.00906. The van der Waals surface area contributed by atoms with Crippen LogP contribution in [0.3, 0.4) is 0 Å². The van der Waals surface area contributed by atoms with Gasteiger partial charge < -0.3 is 58.4 Å². The van der Waals surface area contributed by atoms with E-state index in [0.29, 0.717) is 87.9 Å². The van der Waals surface area contributed by atoms with E-state index >= 15 is 0 Å². The van der Waals surface area contributed by atoms with E-state index in [9.17, 15) is 51.5 Å². The lowest BCUT2D eigenvalue weighted by Crippen LogP contribution is -2.27. The minimum Gasteiger partial charge on any atom is -0.493 e. The van der Waals surface area contributed by atoms with E-state index in [1.807, 2.05) is 11.0 Å². The average Bonchev–Trinajstić information content (AvgIpc) is 1.67. The lowest BCUT2D eigenvalue weighted by atomic mass is 10.1. The number of esters is 6. The number of anilines is 3. The van der Waals surface area contributed by atoms with Gasteiger partial charge in [-0.25, -0.2) is 53.8 Å². The predicted molar refractivity (Wildman–Crippen MR) is 422 cm³/mol. The number of ether oxygens (including phenoxy) is 10. The minimum absolute atomic E-state index is 0. The number of hydrogen-bond acceptors (Lipinski definition) is 27. The molecular weight excluding hydrogens is 1630 g/mol. The van der Waals surface area contributed by atoms with Crippen LogP contribution in [0.5, 0.6) is 34.5 Å². The molecule has 10 aromatic rings. The van der Waals surface area contributed by atoms with Gasteiger partial charge in [0.25, 0.3) is 5.91 Å². The average molecular weight is 1700 g/mol. The van der Waals surface area contributed by atoms with Crippen molar-refractivity contribution in [3.05, 3.63) is 281 Å². The van der Waals surface area contributed by atoms with E-state index < -0.39 is 53.9 Å². The first-order valence-corrected chi connectivity index (χ1v) is 35.1. The molecule has 0 atom stereocenters. The number of halogens is 4. The molecule has 6 heterocycles. The van der Waals surface area contributed by atoms with Crippen LogP contribution in [0.1, 0.15) is 93.5 Å². The lowest BCUT2D eigenvalue weighted by molar-refractivity contribution is -0.464. The number of nitrogens with zero attached hydrogens (tertiary/aromatic N) is 3. The number of nitrogen functional groups attached to an aromatic ring is 1. The number of alkyl halides is 3. The molecule has 26 nitrogen and oxygen atoms in total. The molecule has 3 aromatic heterocycles. The van der Waals surface area contributed by atoms with E-state index in [1.165, 1.54) is 55.3 Å². The Labute approximate surface area is 664 Å². The van der Waals surface area contributed by atoms with Gasteiger partial charge in [0.1, 0.15) is 20.2 Å². The number of thiophene rings is 3.